The number of nitrogens with zero attached hydrogens (tertiary/aromatic N) is 2. The average Bonchev–Trinajstić information content (AvgIpc) is 2.59. The van der Waals surface area contributed by atoms with Crippen molar-refractivity contribution in [2.45, 2.75) is 19.5 Å². The van der Waals surface area contributed by atoms with Gasteiger partial charge in [0.15, 0.2) is 0 Å². The van der Waals surface area contributed by atoms with E-state index in [4.69, 9.17) is 0 Å². The minimum Gasteiger partial charge on any atom is -0.357 e. The predicted octanol–water partition coefficient (Wildman–Crippen LogP) is 0.591. The maximum absolute atomic E-state index is 11.5. The molecule has 1 atom stereocenters. The van der Waals surface area contributed by atoms with Crippen LogP contribution in [0.15, 0.2) is 18.5 Å². The van der Waals surface area contributed by atoms with Crippen LogP contribution in [0.5, 0.6) is 0 Å². The molecule has 1 aromatic rings. The van der Waals surface area contributed by atoms with Gasteiger partial charge in [-0.2, -0.15) is 0 Å². The van der Waals surface area contributed by atoms with E-state index >= 15 is 0 Å². The molecule has 0 aliphatic heterocycles. The third-order valence-corrected chi connectivity index (χ3v) is 2.32. The molecule has 4 nitrogen and oxygen atoms in total. The van der Waals surface area contributed by atoms with Gasteiger partial charge in [0.25, 0.3) is 0 Å². The number of carbonyl (C=O) groups excluding carboxylic acids is 1. The Kier molecular flexibility index (Phi) is 3.91. The Labute approximate surface area is 90.9 Å². The van der Waals surface area contributed by atoms with Crippen LogP contribution in [0.25, 0.3) is 0 Å². The Hall–Kier alpha value is -1.29. The van der Waals surface area contributed by atoms with E-state index in [1.54, 1.807) is 19.0 Å². The van der Waals surface area contributed by atoms with E-state index in [0.29, 0.717) is 0 Å². The summed E-state index contributed by atoms with van der Waals surface area (Å²) in [5.41, 5.74) is 1.19. The second-order valence-electron chi connectivity index (χ2n) is 4.02. The van der Waals surface area contributed by atoms with Crippen LogP contribution < -0.4 is 5.32 Å². The van der Waals surface area contributed by atoms with Crippen molar-refractivity contribution in [2.75, 3.05) is 14.1 Å². The number of carbonyl (C=O) groups is 1. The van der Waals surface area contributed by atoms with E-state index in [-0.39, 0.29) is 11.9 Å². The third-order valence-electron chi connectivity index (χ3n) is 2.32. The number of aromatic nitrogens is 1. The zero-order valence-corrected chi connectivity index (χ0v) is 9.82. The molecule has 0 bridgehead atoms. The van der Waals surface area contributed by atoms with E-state index in [9.17, 15) is 4.79 Å². The van der Waals surface area contributed by atoms with Crippen molar-refractivity contribution in [1.82, 2.24) is 14.8 Å². The zero-order valence-electron chi connectivity index (χ0n) is 9.82. The van der Waals surface area contributed by atoms with E-state index in [2.05, 4.69) is 5.32 Å². The van der Waals surface area contributed by atoms with Crippen molar-refractivity contribution < 1.29 is 4.79 Å². The smallest absolute Gasteiger partial charge is 0.238 e. The molecule has 0 spiro atoms. The van der Waals surface area contributed by atoms with Gasteiger partial charge in [-0.3, -0.25) is 4.79 Å². The molecule has 0 fully saturated rings. The van der Waals surface area contributed by atoms with Gasteiger partial charge in [0, 0.05) is 40.1 Å². The fourth-order valence-corrected chi connectivity index (χ4v) is 1.41. The molecule has 1 rings (SSSR count). The van der Waals surface area contributed by atoms with Gasteiger partial charge < -0.3 is 14.8 Å². The molecule has 0 aliphatic carbocycles. The molecule has 1 unspecified atom stereocenters. The first-order chi connectivity index (χ1) is 7.00. The summed E-state index contributed by atoms with van der Waals surface area (Å²) in [4.78, 5) is 13.1. The highest BCUT2D eigenvalue weighted by atomic mass is 16.2. The molecule has 1 amide bonds. The lowest BCUT2D eigenvalue weighted by molar-refractivity contribution is -0.130. The average molecular weight is 209 g/mol. The molecule has 0 aromatic carbocycles. The largest absolute Gasteiger partial charge is 0.357 e. The van der Waals surface area contributed by atoms with Crippen LogP contribution in [0.2, 0.25) is 0 Å². The van der Waals surface area contributed by atoms with E-state index in [0.717, 1.165) is 6.54 Å². The van der Waals surface area contributed by atoms with Gasteiger partial charge in [0.1, 0.15) is 0 Å². The topological polar surface area (TPSA) is 37.3 Å². The van der Waals surface area contributed by atoms with Gasteiger partial charge in [-0.15, -0.1) is 0 Å². The molecular formula is C11H19N3O. The summed E-state index contributed by atoms with van der Waals surface area (Å²) in [6, 6.07) is 1.90. The van der Waals surface area contributed by atoms with E-state index < -0.39 is 0 Å². The zero-order chi connectivity index (χ0) is 11.4. The lowest BCUT2D eigenvalue weighted by Crippen LogP contribution is -2.41. The van der Waals surface area contributed by atoms with Crippen molar-refractivity contribution in [3.63, 3.8) is 0 Å². The number of nitrogens with one attached hydrogen (secondary N) is 1. The number of rotatable bonds is 4. The van der Waals surface area contributed by atoms with Crippen LogP contribution in [0, 0.1) is 0 Å². The standard InChI is InChI=1S/C11H19N3O/c1-9(11(15)13(2)3)12-7-10-5-6-14(4)8-10/h5-6,8-9,12H,7H2,1-4H3. The first-order valence-electron chi connectivity index (χ1n) is 5.06. The maximum Gasteiger partial charge on any atom is 0.238 e. The molecule has 0 saturated heterocycles. The SMILES string of the molecule is CC(NCc1ccn(C)c1)C(=O)N(C)C. The molecule has 1 N–H and O–H groups in total. The first-order valence-corrected chi connectivity index (χ1v) is 5.06. The Morgan fingerprint density at radius 3 is 2.73 bits per heavy atom. The second kappa shape index (κ2) is 4.98. The first kappa shape index (κ1) is 11.8. The minimum atomic E-state index is -0.139. The van der Waals surface area contributed by atoms with Crippen LogP contribution in [0.1, 0.15) is 12.5 Å². The van der Waals surface area contributed by atoms with Crippen molar-refractivity contribution in [1.29, 1.82) is 0 Å². The molecule has 0 radical (unpaired) electrons. The normalized spacial score (nSPS) is 12.5. The molecule has 1 aromatic heterocycles. The fraction of sp³-hybridized carbons (Fsp3) is 0.545. The highest BCUT2D eigenvalue weighted by Crippen LogP contribution is 1.99. The summed E-state index contributed by atoms with van der Waals surface area (Å²) in [6.07, 6.45) is 4.04. The molecular weight excluding hydrogens is 190 g/mol. The minimum absolute atomic E-state index is 0.103. The summed E-state index contributed by atoms with van der Waals surface area (Å²) < 4.78 is 2.00. The molecule has 0 saturated carbocycles. The summed E-state index contributed by atoms with van der Waals surface area (Å²) >= 11 is 0. The third kappa shape index (κ3) is 3.40. The second-order valence-corrected chi connectivity index (χ2v) is 4.02. The summed E-state index contributed by atoms with van der Waals surface area (Å²) in [5.74, 6) is 0.103. The summed E-state index contributed by atoms with van der Waals surface area (Å²) in [5, 5.41) is 3.19. The quantitative estimate of drug-likeness (QED) is 0.788. The lowest BCUT2D eigenvalue weighted by Gasteiger charge is -2.17. The summed E-state index contributed by atoms with van der Waals surface area (Å²) in [7, 11) is 5.52. The molecule has 0 aliphatic rings. The van der Waals surface area contributed by atoms with Crippen LogP contribution in [0.4, 0.5) is 0 Å². The van der Waals surface area contributed by atoms with Gasteiger partial charge >= 0.3 is 0 Å². The van der Waals surface area contributed by atoms with Crippen LogP contribution in [-0.2, 0) is 18.4 Å². The highest BCUT2D eigenvalue weighted by Gasteiger charge is 2.13. The van der Waals surface area contributed by atoms with Crippen molar-refractivity contribution >= 4 is 5.91 Å². The van der Waals surface area contributed by atoms with Crippen LogP contribution >= 0.6 is 0 Å². The van der Waals surface area contributed by atoms with Gasteiger partial charge in [-0.1, -0.05) is 0 Å². The Morgan fingerprint density at radius 1 is 1.60 bits per heavy atom. The van der Waals surface area contributed by atoms with E-state index in [1.807, 2.05) is 37.0 Å². The molecule has 1 heterocycles. The number of likely N-dealkylation sites (N-methyl/N-ethyl adjacent to an activating group) is 1. The molecule has 84 valence electrons. The number of amides is 1. The van der Waals surface area contributed by atoms with E-state index in [1.165, 1.54) is 5.56 Å². The summed E-state index contributed by atoms with van der Waals surface area (Å²) in [6.45, 7) is 2.60. The predicted molar refractivity (Wildman–Crippen MR) is 60.4 cm³/mol. The van der Waals surface area contributed by atoms with Gasteiger partial charge in [0.05, 0.1) is 6.04 Å². The van der Waals surface area contributed by atoms with Crippen molar-refractivity contribution in [2.24, 2.45) is 7.05 Å². The Bertz CT molecular complexity index is 330. The van der Waals surface area contributed by atoms with Gasteiger partial charge in [-0.05, 0) is 18.6 Å². The highest BCUT2D eigenvalue weighted by molar-refractivity contribution is 5.80. The number of hydrogen-bond donors (Lipinski definition) is 1. The molecule has 4 heteroatoms. The maximum atomic E-state index is 11.5. The van der Waals surface area contributed by atoms with Crippen molar-refractivity contribution in [3.05, 3.63) is 24.0 Å². The van der Waals surface area contributed by atoms with Gasteiger partial charge in [-0.25, -0.2) is 0 Å². The monoisotopic (exact) mass is 209 g/mol. The number of aryl methyl sites for hydroxylation is 1. The Balaban J connectivity index is 2.40. The molecule has 15 heavy (non-hydrogen) atoms. The lowest BCUT2D eigenvalue weighted by atomic mass is 10.2. The Morgan fingerprint density at radius 2 is 2.27 bits per heavy atom. The van der Waals surface area contributed by atoms with Crippen LogP contribution in [-0.4, -0.2) is 35.5 Å². The fourth-order valence-electron chi connectivity index (χ4n) is 1.41. The van der Waals surface area contributed by atoms with Crippen LogP contribution in [0.3, 0.4) is 0 Å². The van der Waals surface area contributed by atoms with Crippen molar-refractivity contribution in [3.8, 4) is 0 Å². The van der Waals surface area contributed by atoms with Gasteiger partial charge in [0.2, 0.25) is 5.91 Å². The number of hydrogen-bond acceptors (Lipinski definition) is 2.